The first-order chi connectivity index (χ1) is 21.6. The number of aliphatic hydroxyl groups excluding tert-OH is 2. The Morgan fingerprint density at radius 1 is 0.652 bits per heavy atom. The van der Waals surface area contributed by atoms with Gasteiger partial charge in [-0.3, -0.25) is 39.4 Å². The number of halogens is 4. The minimum Gasteiger partial charge on any atom is -0.463 e. The highest BCUT2D eigenvalue weighted by atomic mass is 35.5. The summed E-state index contributed by atoms with van der Waals surface area (Å²) in [5.41, 5.74) is -0.256. The third-order valence-corrected chi connectivity index (χ3v) is 6.88. The van der Waals surface area contributed by atoms with Crippen LogP contribution in [0, 0.1) is 20.2 Å². The van der Waals surface area contributed by atoms with E-state index in [0.29, 0.717) is 0 Å². The molecule has 0 fully saturated rings. The molecule has 46 heavy (non-hydrogen) atoms. The van der Waals surface area contributed by atoms with Crippen molar-refractivity contribution in [1.29, 1.82) is 0 Å². The van der Waals surface area contributed by atoms with E-state index in [1.807, 2.05) is 0 Å². The van der Waals surface area contributed by atoms with Gasteiger partial charge in [0.2, 0.25) is 0 Å². The average Bonchev–Trinajstić information content (AvgIpc) is 3.02. The van der Waals surface area contributed by atoms with Gasteiger partial charge < -0.3 is 30.3 Å². The van der Waals surface area contributed by atoms with E-state index in [0.717, 1.165) is 24.3 Å². The lowest BCUT2D eigenvalue weighted by Gasteiger charge is -2.25. The Hall–Kier alpha value is -3.80. The zero-order chi connectivity index (χ0) is 34.6. The molecule has 16 nitrogen and oxygen atoms in total. The summed E-state index contributed by atoms with van der Waals surface area (Å²) >= 11 is 22.2. The number of hydrogen-bond acceptors (Lipinski definition) is 12. The molecule has 0 aliphatic rings. The third-order valence-electron chi connectivity index (χ3n) is 6.09. The summed E-state index contributed by atoms with van der Waals surface area (Å²) in [5, 5.41) is 47.8. The molecule has 4 atom stereocenters. The van der Waals surface area contributed by atoms with E-state index in [-0.39, 0.29) is 22.5 Å². The number of hydrogen-bond donors (Lipinski definition) is 4. The van der Waals surface area contributed by atoms with Crippen molar-refractivity contribution in [3.63, 3.8) is 0 Å². The Balaban J connectivity index is 1.99. The summed E-state index contributed by atoms with van der Waals surface area (Å²) in [7, 11) is 0. The molecule has 4 unspecified atom stereocenters. The molecule has 0 spiro atoms. The van der Waals surface area contributed by atoms with Crippen molar-refractivity contribution in [3.8, 4) is 0 Å². The van der Waals surface area contributed by atoms with Crippen LogP contribution >= 0.6 is 46.4 Å². The smallest absolute Gasteiger partial charge is 0.306 e. The second kappa shape index (κ2) is 18.4. The second-order valence-corrected chi connectivity index (χ2v) is 11.5. The molecule has 0 aromatic heterocycles. The van der Waals surface area contributed by atoms with Crippen LogP contribution < -0.4 is 10.6 Å². The first-order valence-corrected chi connectivity index (χ1v) is 14.7. The highest BCUT2D eigenvalue weighted by Crippen LogP contribution is 2.23. The van der Waals surface area contributed by atoms with E-state index in [1.165, 1.54) is 24.3 Å². The Kier molecular flexibility index (Phi) is 15.3. The van der Waals surface area contributed by atoms with Crippen molar-refractivity contribution in [2.24, 2.45) is 0 Å². The number of amides is 2. The van der Waals surface area contributed by atoms with Gasteiger partial charge >= 0.3 is 11.9 Å². The van der Waals surface area contributed by atoms with Gasteiger partial charge in [-0.2, -0.15) is 0 Å². The summed E-state index contributed by atoms with van der Waals surface area (Å²) in [5.74, 6) is -3.77. The predicted molar refractivity (Wildman–Crippen MR) is 162 cm³/mol. The number of nitro groups is 2. The quantitative estimate of drug-likeness (QED) is 0.0796. The van der Waals surface area contributed by atoms with Crippen molar-refractivity contribution in [3.05, 3.63) is 79.9 Å². The largest absolute Gasteiger partial charge is 0.463 e. The minimum absolute atomic E-state index is 0.128. The zero-order valence-electron chi connectivity index (χ0n) is 23.3. The van der Waals surface area contributed by atoms with Crippen LogP contribution in [0.25, 0.3) is 0 Å². The van der Waals surface area contributed by atoms with Gasteiger partial charge in [0.15, 0.2) is 9.67 Å². The molecule has 2 rings (SSSR count). The number of carbonyl (C=O) groups is 4. The number of nitro benzene ring substituents is 2. The van der Waals surface area contributed by atoms with Gasteiger partial charge in [0.25, 0.3) is 23.2 Å². The molecular formula is C26H26Cl4N4O12. The lowest BCUT2D eigenvalue weighted by Crippen LogP contribution is -2.45. The molecule has 2 aromatic rings. The first kappa shape index (κ1) is 38.4. The Bertz CT molecular complexity index is 1290. The van der Waals surface area contributed by atoms with Gasteiger partial charge in [-0.05, 0) is 35.4 Å². The maximum absolute atomic E-state index is 12.4. The van der Waals surface area contributed by atoms with Gasteiger partial charge in [0.1, 0.15) is 25.4 Å². The number of alkyl halides is 4. The van der Waals surface area contributed by atoms with Crippen LogP contribution in [-0.2, 0) is 28.7 Å². The van der Waals surface area contributed by atoms with Crippen LogP contribution in [-0.4, -0.2) is 78.8 Å². The molecule has 2 amide bonds. The van der Waals surface area contributed by atoms with E-state index >= 15 is 0 Å². The van der Waals surface area contributed by atoms with Crippen LogP contribution in [0.15, 0.2) is 48.5 Å². The summed E-state index contributed by atoms with van der Waals surface area (Å²) in [6.45, 7) is -1.24. The normalized spacial score (nSPS) is 13.7. The molecule has 0 bridgehead atoms. The van der Waals surface area contributed by atoms with Crippen molar-refractivity contribution in [1.82, 2.24) is 10.6 Å². The van der Waals surface area contributed by atoms with Gasteiger partial charge in [-0.1, -0.05) is 46.4 Å². The summed E-state index contributed by atoms with van der Waals surface area (Å²) in [6.07, 6.45) is -4.11. The van der Waals surface area contributed by atoms with Crippen molar-refractivity contribution in [2.75, 3.05) is 13.2 Å². The van der Waals surface area contributed by atoms with E-state index in [1.54, 1.807) is 0 Å². The summed E-state index contributed by atoms with van der Waals surface area (Å²) < 4.78 is 10.2. The van der Waals surface area contributed by atoms with Crippen LogP contribution in [0.1, 0.15) is 36.2 Å². The molecule has 250 valence electrons. The van der Waals surface area contributed by atoms with Crippen LogP contribution in [0.4, 0.5) is 11.4 Å². The van der Waals surface area contributed by atoms with Crippen molar-refractivity contribution < 1.29 is 48.7 Å². The lowest BCUT2D eigenvalue weighted by atomic mass is 10.0. The van der Waals surface area contributed by atoms with E-state index in [9.17, 15) is 49.6 Å². The Morgan fingerprint density at radius 2 is 0.957 bits per heavy atom. The zero-order valence-corrected chi connectivity index (χ0v) is 26.3. The molecule has 0 saturated carbocycles. The maximum atomic E-state index is 12.4. The Labute approximate surface area is 280 Å². The van der Waals surface area contributed by atoms with Gasteiger partial charge in [0.05, 0.1) is 34.8 Å². The number of rotatable bonds is 17. The molecule has 0 radical (unpaired) electrons. The number of nitrogens with zero attached hydrogens (tertiary/aromatic N) is 2. The van der Waals surface area contributed by atoms with Crippen LogP contribution in [0.5, 0.6) is 0 Å². The maximum Gasteiger partial charge on any atom is 0.306 e. The SMILES string of the molecule is O=C(CCC(=O)OCC(NC(=O)C(Cl)Cl)C(O)c1ccc([N+](=O)[O-])cc1)OCC(NC(=O)C(Cl)Cl)C(O)c1ccc([N+](=O)[O-])cc1. The van der Waals surface area contributed by atoms with Crippen molar-refractivity contribution >= 4 is 81.5 Å². The fraction of sp³-hybridized carbons (Fsp3) is 0.385. The summed E-state index contributed by atoms with van der Waals surface area (Å²) in [4.78, 5) is 66.2. The fourth-order valence-corrected chi connectivity index (χ4v) is 3.93. The highest BCUT2D eigenvalue weighted by molar-refractivity contribution is 6.54. The lowest BCUT2D eigenvalue weighted by molar-refractivity contribution is -0.385. The molecule has 4 N–H and O–H groups in total. The van der Waals surface area contributed by atoms with Gasteiger partial charge in [-0.25, -0.2) is 0 Å². The van der Waals surface area contributed by atoms with E-state index in [4.69, 9.17) is 55.9 Å². The number of non-ortho nitro benzene ring substituents is 2. The molecule has 2 aromatic carbocycles. The topological polar surface area (TPSA) is 238 Å². The number of nitrogens with one attached hydrogen (secondary N) is 2. The molecule has 0 heterocycles. The Morgan fingerprint density at radius 3 is 1.22 bits per heavy atom. The van der Waals surface area contributed by atoms with Crippen molar-refractivity contribution in [2.45, 2.75) is 46.8 Å². The summed E-state index contributed by atoms with van der Waals surface area (Å²) in [6, 6.07) is 6.78. The highest BCUT2D eigenvalue weighted by Gasteiger charge is 2.29. The number of carbonyl (C=O) groups excluding carboxylic acids is 4. The van der Waals surface area contributed by atoms with Crippen LogP contribution in [0.2, 0.25) is 0 Å². The van der Waals surface area contributed by atoms with E-state index < -0.39 is 93.6 Å². The third kappa shape index (κ3) is 12.2. The molecule has 0 aliphatic carbocycles. The molecule has 0 saturated heterocycles. The van der Waals surface area contributed by atoms with Gasteiger partial charge in [0, 0.05) is 24.3 Å². The number of ether oxygens (including phenoxy) is 2. The molecule has 0 aliphatic heterocycles. The van der Waals surface area contributed by atoms with Gasteiger partial charge in [-0.15, -0.1) is 0 Å². The predicted octanol–water partition coefficient (Wildman–Crippen LogP) is 2.71. The first-order valence-electron chi connectivity index (χ1n) is 12.9. The number of benzene rings is 2. The fourth-order valence-electron chi connectivity index (χ4n) is 3.68. The second-order valence-electron chi connectivity index (χ2n) is 9.28. The number of aliphatic hydroxyl groups is 2. The molecular weight excluding hydrogens is 702 g/mol. The minimum atomic E-state index is -1.54. The number of esters is 2. The van der Waals surface area contributed by atoms with Crippen LogP contribution in [0.3, 0.4) is 0 Å². The van der Waals surface area contributed by atoms with E-state index in [2.05, 4.69) is 10.6 Å². The molecule has 20 heteroatoms. The monoisotopic (exact) mass is 726 g/mol. The average molecular weight is 728 g/mol. The standard InChI is InChI=1S/C26H26Cl4N4O12/c27-23(28)25(39)31-17(21(37)13-1-5-15(6-2-13)33(41)42)11-45-19(35)9-10-20(36)46-12-18(32-26(40)24(29)30)22(38)14-3-7-16(8-4-14)34(43)44/h1-8,17-18,21-24,37-38H,9-12H2,(H,31,39)(H,32,40).